The number of carboxylic acid groups (broad SMARTS) is 1. The van der Waals surface area contributed by atoms with Gasteiger partial charge in [-0.1, -0.05) is 24.3 Å². The van der Waals surface area contributed by atoms with Gasteiger partial charge in [0.25, 0.3) is 0 Å². The van der Waals surface area contributed by atoms with Crippen LogP contribution in [0.2, 0.25) is 0 Å². The van der Waals surface area contributed by atoms with Gasteiger partial charge in [-0.05, 0) is 35.4 Å². The van der Waals surface area contributed by atoms with E-state index in [1.807, 2.05) is 42.5 Å². The van der Waals surface area contributed by atoms with Crippen molar-refractivity contribution in [3.63, 3.8) is 0 Å². The zero-order valence-corrected chi connectivity index (χ0v) is 17.2. The highest BCUT2D eigenvalue weighted by Crippen LogP contribution is 2.23. The van der Waals surface area contributed by atoms with Gasteiger partial charge in [0.2, 0.25) is 0 Å². The van der Waals surface area contributed by atoms with Gasteiger partial charge in [0.05, 0.1) is 25.9 Å². The molecule has 162 valence electrons. The third-order valence-electron chi connectivity index (χ3n) is 4.89. The lowest BCUT2D eigenvalue weighted by Crippen LogP contribution is -2.33. The molecule has 0 aromatic heterocycles. The summed E-state index contributed by atoms with van der Waals surface area (Å²) < 4.78 is 22.3. The number of carbonyl (C=O) groups is 1. The van der Waals surface area contributed by atoms with Crippen LogP contribution in [0.15, 0.2) is 48.5 Å². The molecule has 0 radical (unpaired) electrons. The zero-order chi connectivity index (χ0) is 21.2. The number of morpholine rings is 1. The van der Waals surface area contributed by atoms with E-state index in [9.17, 15) is 4.79 Å². The largest absolute Gasteiger partial charge is 0.493 e. The monoisotopic (exact) mass is 415 g/mol. The van der Waals surface area contributed by atoms with Crippen molar-refractivity contribution in [1.29, 1.82) is 0 Å². The van der Waals surface area contributed by atoms with E-state index in [2.05, 4.69) is 11.4 Å². The first-order chi connectivity index (χ1) is 14.7. The number of hydrogen-bond acceptors (Lipinski definition) is 6. The van der Waals surface area contributed by atoms with E-state index in [1.165, 1.54) is 7.11 Å². The number of rotatable bonds is 11. The minimum Gasteiger partial charge on any atom is -0.493 e. The van der Waals surface area contributed by atoms with E-state index in [4.69, 9.17) is 24.1 Å². The van der Waals surface area contributed by atoms with Crippen molar-refractivity contribution in [1.82, 2.24) is 5.32 Å². The molecule has 7 nitrogen and oxygen atoms in total. The van der Waals surface area contributed by atoms with Crippen molar-refractivity contribution in [3.05, 3.63) is 59.7 Å². The lowest BCUT2D eigenvalue weighted by Gasteiger charge is -2.24. The van der Waals surface area contributed by atoms with Gasteiger partial charge in [0.1, 0.15) is 11.5 Å². The Labute approximate surface area is 176 Å². The van der Waals surface area contributed by atoms with E-state index >= 15 is 0 Å². The smallest absolute Gasteiger partial charge is 0.333 e. The summed E-state index contributed by atoms with van der Waals surface area (Å²) in [6.45, 7) is 3.52. The molecule has 1 unspecified atom stereocenters. The molecule has 7 heteroatoms. The zero-order valence-electron chi connectivity index (χ0n) is 17.2. The number of methoxy groups -OCH3 is 1. The lowest BCUT2D eigenvalue weighted by molar-refractivity contribution is -0.148. The SMILES string of the molecule is CO[C@@H](Cc1ccc(OCCCOc2cccc(C3CNCCO3)c2)cc1)C(=O)O. The normalized spacial score (nSPS) is 17.3. The van der Waals surface area contributed by atoms with Crippen LogP contribution in [0.4, 0.5) is 0 Å². The van der Waals surface area contributed by atoms with E-state index in [1.54, 1.807) is 0 Å². The molecular formula is C23H29NO6. The summed E-state index contributed by atoms with van der Waals surface area (Å²) >= 11 is 0. The summed E-state index contributed by atoms with van der Waals surface area (Å²) in [5, 5.41) is 12.4. The fourth-order valence-electron chi connectivity index (χ4n) is 3.23. The van der Waals surface area contributed by atoms with Gasteiger partial charge in [0, 0.05) is 33.0 Å². The molecule has 1 aliphatic heterocycles. The quantitative estimate of drug-likeness (QED) is 0.546. The summed E-state index contributed by atoms with van der Waals surface area (Å²) in [7, 11) is 1.40. The number of nitrogens with one attached hydrogen (secondary N) is 1. The van der Waals surface area contributed by atoms with Crippen molar-refractivity contribution < 1.29 is 28.8 Å². The molecule has 30 heavy (non-hydrogen) atoms. The number of benzene rings is 2. The van der Waals surface area contributed by atoms with Crippen LogP contribution >= 0.6 is 0 Å². The van der Waals surface area contributed by atoms with Crippen molar-refractivity contribution in [2.75, 3.05) is 40.0 Å². The third-order valence-corrected chi connectivity index (χ3v) is 4.89. The van der Waals surface area contributed by atoms with Gasteiger partial charge in [-0.25, -0.2) is 4.79 Å². The molecule has 0 aliphatic carbocycles. The van der Waals surface area contributed by atoms with Crippen LogP contribution in [0.3, 0.4) is 0 Å². The average molecular weight is 415 g/mol. The van der Waals surface area contributed by atoms with Gasteiger partial charge in [-0.15, -0.1) is 0 Å². The van der Waals surface area contributed by atoms with Crippen molar-refractivity contribution >= 4 is 5.97 Å². The van der Waals surface area contributed by atoms with Crippen LogP contribution in [0, 0.1) is 0 Å². The molecule has 2 atom stereocenters. The van der Waals surface area contributed by atoms with Gasteiger partial charge in [-0.3, -0.25) is 0 Å². The second kappa shape index (κ2) is 11.5. The Balaban J connectivity index is 1.37. The molecule has 3 rings (SSSR count). The summed E-state index contributed by atoms with van der Waals surface area (Å²) in [4.78, 5) is 11.0. The van der Waals surface area contributed by atoms with Crippen molar-refractivity contribution in [2.24, 2.45) is 0 Å². The summed E-state index contributed by atoms with van der Waals surface area (Å²) in [6.07, 6.45) is 0.302. The molecule has 1 aliphatic rings. The second-order valence-electron chi connectivity index (χ2n) is 7.10. The van der Waals surface area contributed by atoms with Crippen LogP contribution in [0.25, 0.3) is 0 Å². The van der Waals surface area contributed by atoms with E-state index in [0.717, 1.165) is 48.7 Å². The standard InChI is InChI=1S/C23H29NO6/c1-27-21(23(25)26)14-17-6-8-19(9-7-17)28-11-3-12-29-20-5-2-4-18(15-20)22-16-24-10-13-30-22/h2,4-9,15,21-22,24H,3,10-14,16H2,1H3,(H,25,26)/t21-,22?/m0/s1. The Hall–Kier alpha value is -2.61. The summed E-state index contributed by atoms with van der Waals surface area (Å²) in [5.41, 5.74) is 2.01. The first-order valence-electron chi connectivity index (χ1n) is 10.2. The highest BCUT2D eigenvalue weighted by molar-refractivity contribution is 5.72. The third kappa shape index (κ3) is 6.73. The van der Waals surface area contributed by atoms with Gasteiger partial charge < -0.3 is 29.4 Å². The predicted molar refractivity (Wildman–Crippen MR) is 112 cm³/mol. The number of hydrogen-bond donors (Lipinski definition) is 2. The number of ether oxygens (including phenoxy) is 4. The molecule has 1 heterocycles. The highest BCUT2D eigenvalue weighted by Gasteiger charge is 2.17. The predicted octanol–water partition coefficient (Wildman–Crippen LogP) is 2.84. The van der Waals surface area contributed by atoms with Crippen LogP contribution in [0.5, 0.6) is 11.5 Å². The Morgan fingerprint density at radius 2 is 1.93 bits per heavy atom. The first-order valence-corrected chi connectivity index (χ1v) is 10.2. The number of aliphatic carboxylic acids is 1. The molecule has 1 fully saturated rings. The lowest BCUT2D eigenvalue weighted by atomic mass is 10.1. The maximum Gasteiger partial charge on any atom is 0.333 e. The average Bonchev–Trinajstić information content (AvgIpc) is 2.79. The molecule has 0 amide bonds. The Morgan fingerprint density at radius 1 is 1.17 bits per heavy atom. The van der Waals surface area contributed by atoms with E-state index in [-0.39, 0.29) is 6.10 Å². The second-order valence-corrected chi connectivity index (χ2v) is 7.10. The fourth-order valence-corrected chi connectivity index (χ4v) is 3.23. The molecule has 0 bridgehead atoms. The maximum atomic E-state index is 11.0. The van der Waals surface area contributed by atoms with Crippen LogP contribution in [-0.2, 0) is 20.7 Å². The summed E-state index contributed by atoms with van der Waals surface area (Å²) in [5.74, 6) is 0.607. The van der Waals surface area contributed by atoms with Gasteiger partial charge in [0.15, 0.2) is 6.10 Å². The topological polar surface area (TPSA) is 86.3 Å². The number of carboxylic acids is 1. The van der Waals surface area contributed by atoms with Crippen LogP contribution in [-0.4, -0.2) is 57.2 Å². The van der Waals surface area contributed by atoms with E-state index in [0.29, 0.717) is 19.6 Å². The minimum absolute atomic E-state index is 0.0725. The van der Waals surface area contributed by atoms with Crippen LogP contribution in [0.1, 0.15) is 23.7 Å². The Kier molecular flexibility index (Phi) is 8.50. The summed E-state index contributed by atoms with van der Waals surface area (Å²) in [6, 6.07) is 15.4. The van der Waals surface area contributed by atoms with Gasteiger partial charge >= 0.3 is 5.97 Å². The fraction of sp³-hybridized carbons (Fsp3) is 0.435. The first kappa shape index (κ1) is 22.1. The minimum atomic E-state index is -0.966. The van der Waals surface area contributed by atoms with Crippen LogP contribution < -0.4 is 14.8 Å². The van der Waals surface area contributed by atoms with Gasteiger partial charge in [-0.2, -0.15) is 0 Å². The van der Waals surface area contributed by atoms with Crippen molar-refractivity contribution in [3.8, 4) is 11.5 Å². The maximum absolute atomic E-state index is 11.0. The van der Waals surface area contributed by atoms with E-state index < -0.39 is 12.1 Å². The highest BCUT2D eigenvalue weighted by atomic mass is 16.5. The molecular weight excluding hydrogens is 386 g/mol. The molecule has 2 aromatic rings. The molecule has 2 N–H and O–H groups in total. The van der Waals surface area contributed by atoms with Crippen molar-refractivity contribution in [2.45, 2.75) is 25.0 Å². The Morgan fingerprint density at radius 3 is 2.60 bits per heavy atom. The molecule has 0 spiro atoms. The Bertz CT molecular complexity index is 789. The molecule has 0 saturated carbocycles. The molecule has 1 saturated heterocycles. The molecule has 2 aromatic carbocycles.